The number of carbonyl (C=O) groups excluding carboxylic acids is 1. The highest BCUT2D eigenvalue weighted by Gasteiger charge is 2.28. The van der Waals surface area contributed by atoms with Gasteiger partial charge in [0.15, 0.2) is 0 Å². The summed E-state index contributed by atoms with van der Waals surface area (Å²) < 4.78 is 0. The quantitative estimate of drug-likeness (QED) is 0.561. The molecular formula is C25H29N5O. The first-order valence-corrected chi connectivity index (χ1v) is 10.8. The summed E-state index contributed by atoms with van der Waals surface area (Å²) in [7, 11) is 0. The lowest BCUT2D eigenvalue weighted by molar-refractivity contribution is -0.120. The van der Waals surface area contributed by atoms with Gasteiger partial charge in [0, 0.05) is 32.0 Å². The Morgan fingerprint density at radius 1 is 1.00 bits per heavy atom. The second-order valence-electron chi connectivity index (χ2n) is 8.07. The number of hydrogen-bond acceptors (Lipinski definition) is 5. The van der Waals surface area contributed by atoms with Crippen LogP contribution in [0.2, 0.25) is 0 Å². The number of nitrogens with one attached hydrogen (secondary N) is 1. The van der Waals surface area contributed by atoms with Crippen LogP contribution in [0.1, 0.15) is 47.0 Å². The number of hydrogen-bond donors (Lipinski definition) is 2. The molecule has 0 bridgehead atoms. The Balaban J connectivity index is 1.40. The first kappa shape index (κ1) is 21.2. The van der Waals surface area contributed by atoms with Gasteiger partial charge in [-0.3, -0.25) is 19.7 Å². The third kappa shape index (κ3) is 5.75. The van der Waals surface area contributed by atoms with Crippen molar-refractivity contribution in [1.29, 1.82) is 0 Å². The summed E-state index contributed by atoms with van der Waals surface area (Å²) in [6, 6.07) is 18.7. The Bertz CT molecular complexity index is 990. The fraction of sp³-hybridized carbons (Fsp3) is 0.320. The Kier molecular flexibility index (Phi) is 7.02. The van der Waals surface area contributed by atoms with Crippen LogP contribution in [0.15, 0.2) is 67.0 Å². The van der Waals surface area contributed by atoms with E-state index >= 15 is 0 Å². The van der Waals surface area contributed by atoms with E-state index in [1.54, 1.807) is 0 Å². The molecular weight excluding hydrogens is 386 g/mol. The summed E-state index contributed by atoms with van der Waals surface area (Å²) in [4.78, 5) is 22.9. The van der Waals surface area contributed by atoms with Gasteiger partial charge >= 0.3 is 0 Å². The number of aryl methyl sites for hydroxylation is 1. The summed E-state index contributed by atoms with van der Waals surface area (Å²) in [6.07, 6.45) is 6.78. The summed E-state index contributed by atoms with van der Waals surface area (Å²) in [5.41, 5.74) is 11.4. The molecule has 6 nitrogen and oxygen atoms in total. The molecule has 2 aromatic heterocycles. The third-order valence-electron chi connectivity index (χ3n) is 5.74. The van der Waals surface area contributed by atoms with Crippen molar-refractivity contribution in [2.45, 2.75) is 44.9 Å². The van der Waals surface area contributed by atoms with Crippen LogP contribution in [0, 0.1) is 0 Å². The molecule has 1 aromatic carbocycles. The standard InChI is InChI=1S/C25H29N5O/c26-24(31)18-30(23-8-3-5-21-6-4-14-29-25(21)23)17-20-11-9-19(10-12-20)15-27-16-22-7-1-2-13-28-22/h1-2,4,6-7,9-14,23,27H,3,5,8,15-18H2,(H2,26,31). The van der Waals surface area contributed by atoms with E-state index in [0.29, 0.717) is 6.54 Å². The van der Waals surface area contributed by atoms with E-state index in [2.05, 4.69) is 50.5 Å². The fourth-order valence-corrected chi connectivity index (χ4v) is 4.25. The minimum absolute atomic E-state index is 0.122. The lowest BCUT2D eigenvalue weighted by Gasteiger charge is -2.34. The highest BCUT2D eigenvalue weighted by Crippen LogP contribution is 2.33. The normalized spacial score (nSPS) is 15.6. The number of amides is 1. The van der Waals surface area contributed by atoms with E-state index in [1.165, 1.54) is 11.1 Å². The van der Waals surface area contributed by atoms with Gasteiger partial charge in [0.1, 0.15) is 0 Å². The van der Waals surface area contributed by atoms with Crippen LogP contribution in [0.5, 0.6) is 0 Å². The number of nitrogens with zero attached hydrogens (tertiary/aromatic N) is 3. The Labute approximate surface area is 183 Å². The Hall–Kier alpha value is -3.09. The van der Waals surface area contributed by atoms with Crippen LogP contribution >= 0.6 is 0 Å². The molecule has 1 aliphatic rings. The van der Waals surface area contributed by atoms with Crippen LogP contribution in [0.3, 0.4) is 0 Å². The van der Waals surface area contributed by atoms with E-state index in [9.17, 15) is 4.79 Å². The second kappa shape index (κ2) is 10.3. The number of carbonyl (C=O) groups is 1. The number of aromatic nitrogens is 2. The van der Waals surface area contributed by atoms with Crippen molar-refractivity contribution in [3.05, 3.63) is 95.1 Å². The molecule has 0 spiro atoms. The fourth-order valence-electron chi connectivity index (χ4n) is 4.25. The van der Waals surface area contributed by atoms with Gasteiger partial charge in [-0.05, 0) is 54.2 Å². The minimum Gasteiger partial charge on any atom is -0.369 e. The Morgan fingerprint density at radius 3 is 2.58 bits per heavy atom. The summed E-state index contributed by atoms with van der Waals surface area (Å²) in [5.74, 6) is -0.307. The lowest BCUT2D eigenvalue weighted by Crippen LogP contribution is -2.38. The van der Waals surface area contributed by atoms with Crippen molar-refractivity contribution in [3.63, 3.8) is 0 Å². The third-order valence-corrected chi connectivity index (χ3v) is 5.74. The van der Waals surface area contributed by atoms with Crippen molar-refractivity contribution < 1.29 is 4.79 Å². The zero-order chi connectivity index (χ0) is 21.5. The van der Waals surface area contributed by atoms with E-state index in [-0.39, 0.29) is 18.5 Å². The number of primary amides is 1. The number of pyridine rings is 2. The molecule has 0 radical (unpaired) electrons. The summed E-state index contributed by atoms with van der Waals surface area (Å²) in [6.45, 7) is 2.42. The maximum atomic E-state index is 11.8. The number of fused-ring (bicyclic) bond motifs is 1. The van der Waals surface area contributed by atoms with Crippen molar-refractivity contribution in [3.8, 4) is 0 Å². The van der Waals surface area contributed by atoms with E-state index in [0.717, 1.165) is 49.3 Å². The monoisotopic (exact) mass is 415 g/mol. The molecule has 31 heavy (non-hydrogen) atoms. The van der Waals surface area contributed by atoms with Gasteiger partial charge in [-0.25, -0.2) is 0 Å². The molecule has 2 heterocycles. The number of rotatable bonds is 9. The molecule has 0 saturated carbocycles. The first-order valence-electron chi connectivity index (χ1n) is 10.8. The van der Waals surface area contributed by atoms with Crippen LogP contribution in [0.4, 0.5) is 0 Å². The second-order valence-corrected chi connectivity index (χ2v) is 8.07. The molecule has 4 rings (SSSR count). The SMILES string of the molecule is NC(=O)CN(Cc1ccc(CNCc2ccccn2)cc1)C1CCCc2cccnc21. The summed E-state index contributed by atoms with van der Waals surface area (Å²) >= 11 is 0. The van der Waals surface area contributed by atoms with Crippen LogP contribution in [-0.4, -0.2) is 27.3 Å². The molecule has 0 aliphatic heterocycles. The van der Waals surface area contributed by atoms with Crippen molar-refractivity contribution in [1.82, 2.24) is 20.2 Å². The predicted molar refractivity (Wildman–Crippen MR) is 121 cm³/mol. The predicted octanol–water partition coefficient (Wildman–Crippen LogP) is 3.13. The topological polar surface area (TPSA) is 84.1 Å². The van der Waals surface area contributed by atoms with Crippen LogP contribution in [0.25, 0.3) is 0 Å². The molecule has 3 N–H and O–H groups in total. The van der Waals surface area contributed by atoms with Gasteiger partial charge in [-0.2, -0.15) is 0 Å². The van der Waals surface area contributed by atoms with Gasteiger partial charge < -0.3 is 11.1 Å². The molecule has 1 unspecified atom stereocenters. The zero-order valence-corrected chi connectivity index (χ0v) is 17.7. The van der Waals surface area contributed by atoms with Crippen LogP contribution in [-0.2, 0) is 30.8 Å². The largest absolute Gasteiger partial charge is 0.369 e. The molecule has 3 aromatic rings. The van der Waals surface area contributed by atoms with Crippen LogP contribution < -0.4 is 11.1 Å². The molecule has 0 saturated heterocycles. The lowest BCUT2D eigenvalue weighted by atomic mass is 9.90. The highest BCUT2D eigenvalue weighted by molar-refractivity contribution is 5.76. The molecule has 6 heteroatoms. The van der Waals surface area contributed by atoms with Gasteiger partial charge in [0.05, 0.1) is 24.0 Å². The van der Waals surface area contributed by atoms with Gasteiger partial charge in [-0.1, -0.05) is 36.4 Å². The first-order chi connectivity index (χ1) is 15.2. The smallest absolute Gasteiger partial charge is 0.231 e. The molecule has 160 valence electrons. The highest BCUT2D eigenvalue weighted by atomic mass is 16.1. The molecule has 1 atom stereocenters. The molecule has 0 fully saturated rings. The number of benzene rings is 1. The maximum absolute atomic E-state index is 11.8. The van der Waals surface area contributed by atoms with E-state index < -0.39 is 0 Å². The van der Waals surface area contributed by atoms with Crippen molar-refractivity contribution in [2.75, 3.05) is 6.54 Å². The number of nitrogens with two attached hydrogens (primary N) is 1. The van der Waals surface area contributed by atoms with Crippen molar-refractivity contribution in [2.24, 2.45) is 5.73 Å². The molecule has 1 aliphatic carbocycles. The Morgan fingerprint density at radius 2 is 1.81 bits per heavy atom. The summed E-state index contributed by atoms with van der Waals surface area (Å²) in [5, 5.41) is 3.42. The van der Waals surface area contributed by atoms with Crippen molar-refractivity contribution >= 4 is 5.91 Å². The van der Waals surface area contributed by atoms with E-state index in [4.69, 9.17) is 5.73 Å². The van der Waals surface area contributed by atoms with E-state index in [1.807, 2.05) is 36.7 Å². The minimum atomic E-state index is -0.307. The van der Waals surface area contributed by atoms with Gasteiger partial charge in [0.25, 0.3) is 0 Å². The van der Waals surface area contributed by atoms with Gasteiger partial charge in [0.2, 0.25) is 5.91 Å². The molecule has 1 amide bonds. The zero-order valence-electron chi connectivity index (χ0n) is 17.7. The average Bonchev–Trinajstić information content (AvgIpc) is 2.80. The van der Waals surface area contributed by atoms with Gasteiger partial charge in [-0.15, -0.1) is 0 Å². The maximum Gasteiger partial charge on any atom is 0.231 e. The average molecular weight is 416 g/mol.